The first-order chi connectivity index (χ1) is 12.9. The Morgan fingerprint density at radius 3 is 2.74 bits per heavy atom. The molecule has 0 bridgehead atoms. The van der Waals surface area contributed by atoms with E-state index in [4.69, 9.17) is 0 Å². The van der Waals surface area contributed by atoms with E-state index in [2.05, 4.69) is 15.3 Å². The van der Waals surface area contributed by atoms with Gasteiger partial charge in [-0.1, -0.05) is 18.7 Å². The highest BCUT2D eigenvalue weighted by Crippen LogP contribution is 2.23. The van der Waals surface area contributed by atoms with Gasteiger partial charge in [-0.2, -0.15) is 0 Å². The van der Waals surface area contributed by atoms with Crippen molar-refractivity contribution in [3.05, 3.63) is 52.2 Å². The van der Waals surface area contributed by atoms with E-state index in [1.54, 1.807) is 4.57 Å². The third-order valence-electron chi connectivity index (χ3n) is 4.28. The van der Waals surface area contributed by atoms with Gasteiger partial charge < -0.3 is 10.3 Å². The first-order valence-electron chi connectivity index (χ1n) is 8.69. The summed E-state index contributed by atoms with van der Waals surface area (Å²) in [6, 6.07) is 7.35. The molecule has 1 amide bonds. The molecule has 3 aromatic rings. The number of rotatable bonds is 6. The van der Waals surface area contributed by atoms with Crippen molar-refractivity contribution < 1.29 is 9.18 Å². The highest BCUT2D eigenvalue weighted by molar-refractivity contribution is 7.99. The van der Waals surface area contributed by atoms with E-state index in [-0.39, 0.29) is 29.1 Å². The third-order valence-corrected chi connectivity index (χ3v) is 5.23. The molecule has 0 fully saturated rings. The molecule has 0 saturated carbocycles. The quantitative estimate of drug-likeness (QED) is 0.496. The largest absolute Gasteiger partial charge is 0.353 e. The molecule has 0 saturated heterocycles. The number of H-pyrrole nitrogens is 1. The lowest BCUT2D eigenvalue weighted by molar-refractivity contribution is -0.113. The van der Waals surface area contributed by atoms with Crippen LogP contribution in [0.1, 0.15) is 32.0 Å². The molecular weight excluding hydrogens is 367 g/mol. The lowest BCUT2D eigenvalue weighted by atomic mass is 10.2. The van der Waals surface area contributed by atoms with Crippen LogP contribution < -0.4 is 10.9 Å². The van der Waals surface area contributed by atoms with Gasteiger partial charge in [0.05, 0.1) is 11.3 Å². The number of anilines is 1. The number of amides is 1. The Bertz CT molecular complexity index is 1030. The molecule has 0 aliphatic rings. The molecule has 0 unspecified atom stereocenters. The number of thioether (sulfide) groups is 1. The summed E-state index contributed by atoms with van der Waals surface area (Å²) in [7, 11) is 0. The zero-order chi connectivity index (χ0) is 19.6. The Hall–Kier alpha value is -2.61. The molecule has 3 rings (SSSR count). The number of carbonyl (C=O) groups is 1. The van der Waals surface area contributed by atoms with Gasteiger partial charge in [-0.05, 0) is 50.6 Å². The summed E-state index contributed by atoms with van der Waals surface area (Å²) in [6.45, 7) is 5.82. The third kappa shape index (κ3) is 4.21. The van der Waals surface area contributed by atoms with Gasteiger partial charge in [0.25, 0.3) is 5.56 Å². The van der Waals surface area contributed by atoms with Crippen LogP contribution in [0.2, 0.25) is 0 Å². The second kappa shape index (κ2) is 7.96. The van der Waals surface area contributed by atoms with Crippen LogP contribution in [-0.4, -0.2) is 26.2 Å². The number of fused-ring (bicyclic) bond motifs is 1. The van der Waals surface area contributed by atoms with Crippen LogP contribution >= 0.6 is 11.8 Å². The van der Waals surface area contributed by atoms with Crippen molar-refractivity contribution in [2.24, 2.45) is 0 Å². The molecule has 8 heteroatoms. The van der Waals surface area contributed by atoms with E-state index in [1.165, 1.54) is 36.0 Å². The summed E-state index contributed by atoms with van der Waals surface area (Å²) in [5.74, 6) is -0.518. The zero-order valence-electron chi connectivity index (χ0n) is 15.4. The van der Waals surface area contributed by atoms with Gasteiger partial charge in [0, 0.05) is 17.4 Å². The Balaban J connectivity index is 1.83. The number of hydrogen-bond donors (Lipinski definition) is 2. The predicted molar refractivity (Wildman–Crippen MR) is 106 cm³/mol. The van der Waals surface area contributed by atoms with Gasteiger partial charge in [-0.3, -0.25) is 14.2 Å². The Morgan fingerprint density at radius 2 is 2.07 bits per heavy atom. The van der Waals surface area contributed by atoms with E-state index in [1.807, 2.05) is 26.8 Å². The topological polar surface area (TPSA) is 79.8 Å². The zero-order valence-corrected chi connectivity index (χ0v) is 16.2. The average Bonchev–Trinajstić information content (AvgIpc) is 3.02. The average molecular weight is 388 g/mol. The molecule has 142 valence electrons. The Labute approximate surface area is 160 Å². The van der Waals surface area contributed by atoms with Crippen LogP contribution in [-0.2, 0) is 4.79 Å². The van der Waals surface area contributed by atoms with Crippen molar-refractivity contribution in [3.63, 3.8) is 0 Å². The van der Waals surface area contributed by atoms with E-state index < -0.39 is 0 Å². The molecular formula is C19H21FN4O2S. The van der Waals surface area contributed by atoms with Crippen molar-refractivity contribution in [2.45, 2.75) is 38.4 Å². The van der Waals surface area contributed by atoms with Crippen molar-refractivity contribution in [2.75, 3.05) is 11.1 Å². The smallest absolute Gasteiger partial charge is 0.278 e. The molecule has 2 heterocycles. The minimum atomic E-state index is -0.362. The van der Waals surface area contributed by atoms with E-state index in [9.17, 15) is 14.0 Å². The van der Waals surface area contributed by atoms with E-state index >= 15 is 0 Å². The number of aryl methyl sites for hydroxylation is 1. The maximum absolute atomic E-state index is 13.0. The predicted octanol–water partition coefficient (Wildman–Crippen LogP) is 3.87. The summed E-state index contributed by atoms with van der Waals surface area (Å²) in [5.41, 5.74) is 2.32. The second-order valence-corrected chi connectivity index (χ2v) is 7.33. The van der Waals surface area contributed by atoms with Crippen LogP contribution in [0, 0.1) is 12.7 Å². The molecule has 27 heavy (non-hydrogen) atoms. The Morgan fingerprint density at radius 1 is 1.37 bits per heavy atom. The molecule has 6 nitrogen and oxygen atoms in total. The summed E-state index contributed by atoms with van der Waals surface area (Å²) in [5, 5.41) is 3.22. The maximum Gasteiger partial charge on any atom is 0.278 e. The fraction of sp³-hybridized carbons (Fsp3) is 0.316. The van der Waals surface area contributed by atoms with Crippen LogP contribution in [0.15, 0.2) is 40.3 Å². The number of halogens is 1. The van der Waals surface area contributed by atoms with Gasteiger partial charge in [0.1, 0.15) is 11.3 Å². The minimum Gasteiger partial charge on any atom is -0.353 e. The minimum absolute atomic E-state index is 0.0411. The number of nitrogens with zero attached hydrogens (tertiary/aromatic N) is 2. The fourth-order valence-corrected chi connectivity index (χ4v) is 3.62. The lowest BCUT2D eigenvalue weighted by Gasteiger charge is -2.17. The Kier molecular flexibility index (Phi) is 5.65. The van der Waals surface area contributed by atoms with Crippen LogP contribution in [0.25, 0.3) is 11.0 Å². The maximum atomic E-state index is 13.0. The first kappa shape index (κ1) is 19.2. The van der Waals surface area contributed by atoms with Crippen molar-refractivity contribution in [3.8, 4) is 0 Å². The number of carbonyl (C=O) groups excluding carboxylic acids is 1. The normalized spacial score (nSPS) is 12.3. The number of aromatic amines is 1. The molecule has 1 atom stereocenters. The highest BCUT2D eigenvalue weighted by atomic mass is 32.2. The molecule has 0 aliphatic carbocycles. The summed E-state index contributed by atoms with van der Waals surface area (Å²) >= 11 is 1.21. The standard InChI is InChI=1S/C19H21FN4O2S/c1-4-12(3)24-18(26)17-15(9-11(2)21-17)23-19(24)27-10-16(25)22-14-7-5-13(20)6-8-14/h5-9,12,21H,4,10H2,1-3H3,(H,22,25)/t12-/m1/s1. The van der Waals surface area contributed by atoms with Gasteiger partial charge in [0.2, 0.25) is 5.91 Å². The van der Waals surface area contributed by atoms with Crippen molar-refractivity contribution in [1.29, 1.82) is 0 Å². The van der Waals surface area contributed by atoms with Gasteiger partial charge >= 0.3 is 0 Å². The van der Waals surface area contributed by atoms with Gasteiger partial charge in [-0.15, -0.1) is 0 Å². The molecule has 1 aromatic carbocycles. The number of nitrogens with one attached hydrogen (secondary N) is 2. The molecule has 2 aromatic heterocycles. The van der Waals surface area contributed by atoms with Crippen LogP contribution in [0.4, 0.5) is 10.1 Å². The SMILES string of the molecule is CC[C@@H](C)n1c(SCC(=O)Nc2ccc(F)cc2)nc2cc(C)[nH]c2c1=O. The first-order valence-corrected chi connectivity index (χ1v) is 9.67. The van der Waals surface area contributed by atoms with Crippen LogP contribution in [0.3, 0.4) is 0 Å². The van der Waals surface area contributed by atoms with E-state index in [0.717, 1.165) is 12.1 Å². The highest BCUT2D eigenvalue weighted by Gasteiger charge is 2.18. The van der Waals surface area contributed by atoms with E-state index in [0.29, 0.717) is 21.9 Å². The molecule has 0 radical (unpaired) electrons. The van der Waals surface area contributed by atoms with Crippen molar-refractivity contribution in [1.82, 2.24) is 14.5 Å². The number of aromatic nitrogens is 3. The molecule has 2 N–H and O–H groups in total. The summed E-state index contributed by atoms with van der Waals surface area (Å²) < 4.78 is 14.6. The lowest BCUT2D eigenvalue weighted by Crippen LogP contribution is -2.26. The van der Waals surface area contributed by atoms with Gasteiger partial charge in [0.15, 0.2) is 5.16 Å². The molecule has 0 aliphatic heterocycles. The number of benzene rings is 1. The second-order valence-electron chi connectivity index (χ2n) is 6.38. The summed E-state index contributed by atoms with van der Waals surface area (Å²) in [6.07, 6.45) is 0.766. The van der Waals surface area contributed by atoms with Crippen LogP contribution in [0.5, 0.6) is 0 Å². The summed E-state index contributed by atoms with van der Waals surface area (Å²) in [4.78, 5) is 32.7. The van der Waals surface area contributed by atoms with Gasteiger partial charge in [-0.25, -0.2) is 9.37 Å². The number of hydrogen-bond acceptors (Lipinski definition) is 4. The fourth-order valence-electron chi connectivity index (χ4n) is 2.72. The van der Waals surface area contributed by atoms with Crippen molar-refractivity contribution >= 4 is 34.4 Å². The molecule has 0 spiro atoms. The monoisotopic (exact) mass is 388 g/mol.